The van der Waals surface area contributed by atoms with E-state index in [-0.39, 0.29) is 24.7 Å². The van der Waals surface area contributed by atoms with Gasteiger partial charge in [-0.15, -0.1) is 0 Å². The van der Waals surface area contributed by atoms with Gasteiger partial charge in [0.15, 0.2) is 0 Å². The van der Waals surface area contributed by atoms with Crippen LogP contribution in [0.4, 0.5) is 10.1 Å². The third kappa shape index (κ3) is 2.58. The number of nitrogens with zero attached hydrogens (tertiary/aromatic N) is 1. The molecular weight excluding hydrogens is 271 g/mol. The molecule has 5 nitrogen and oxygen atoms in total. The molecule has 2 rings (SSSR count). The maximum Gasteiger partial charge on any atom is 0.248 e. The summed E-state index contributed by atoms with van der Waals surface area (Å²) in [6.45, 7) is 2.08. The van der Waals surface area contributed by atoms with Crippen LogP contribution in [-0.2, 0) is 10.0 Å². The van der Waals surface area contributed by atoms with Gasteiger partial charge in [0.2, 0.25) is 10.0 Å². The average molecular weight is 288 g/mol. The second kappa shape index (κ2) is 5.07. The van der Waals surface area contributed by atoms with Gasteiger partial charge in [0.1, 0.15) is 10.7 Å². The third-order valence-electron chi connectivity index (χ3n) is 3.46. The molecule has 3 N–H and O–H groups in total. The summed E-state index contributed by atoms with van der Waals surface area (Å²) in [5, 5.41) is 9.50. The number of halogens is 1. The monoisotopic (exact) mass is 288 g/mol. The Morgan fingerprint density at radius 1 is 1.53 bits per heavy atom. The van der Waals surface area contributed by atoms with Crippen LogP contribution < -0.4 is 5.73 Å². The van der Waals surface area contributed by atoms with Gasteiger partial charge in [-0.3, -0.25) is 0 Å². The molecule has 7 heteroatoms. The molecule has 19 heavy (non-hydrogen) atoms. The van der Waals surface area contributed by atoms with Crippen LogP contribution in [0.5, 0.6) is 0 Å². The molecule has 0 saturated carbocycles. The molecule has 1 heterocycles. The number of aliphatic hydroxyl groups excluding tert-OH is 1. The maximum absolute atomic E-state index is 13.7. The maximum atomic E-state index is 13.7. The standard InChI is InChI=1S/C12H17FN2O3S/c1-8(16)9-5-6-15(7-9)19(17,18)12-10(13)3-2-4-11(12)14/h2-4,8-9,16H,5-7,14H2,1H3. The van der Waals surface area contributed by atoms with Crippen molar-refractivity contribution in [3.8, 4) is 0 Å². The number of nitrogen functional groups attached to an aromatic ring is 1. The Bertz CT molecular complexity index is 554. The van der Waals surface area contributed by atoms with Crippen molar-refractivity contribution < 1.29 is 17.9 Å². The van der Waals surface area contributed by atoms with Gasteiger partial charge >= 0.3 is 0 Å². The van der Waals surface area contributed by atoms with Crippen LogP contribution in [0.1, 0.15) is 13.3 Å². The lowest BCUT2D eigenvalue weighted by atomic mass is 10.0. The van der Waals surface area contributed by atoms with Crippen LogP contribution in [0.2, 0.25) is 0 Å². The molecule has 1 saturated heterocycles. The van der Waals surface area contributed by atoms with Crippen molar-refractivity contribution in [1.82, 2.24) is 4.31 Å². The Labute approximate surface area is 111 Å². The highest BCUT2D eigenvalue weighted by atomic mass is 32.2. The largest absolute Gasteiger partial charge is 0.398 e. The molecule has 106 valence electrons. The summed E-state index contributed by atoms with van der Waals surface area (Å²) in [6, 6.07) is 3.80. The average Bonchev–Trinajstić information content (AvgIpc) is 2.78. The predicted molar refractivity (Wildman–Crippen MR) is 69.4 cm³/mol. The SMILES string of the molecule is CC(O)C1CCN(S(=O)(=O)c2c(N)cccc2F)C1. The quantitative estimate of drug-likeness (QED) is 0.806. The van der Waals surface area contributed by atoms with Crippen LogP contribution in [0.15, 0.2) is 23.1 Å². The third-order valence-corrected chi connectivity index (χ3v) is 5.42. The number of benzene rings is 1. The lowest BCUT2D eigenvalue weighted by Crippen LogP contribution is -2.31. The number of rotatable bonds is 3. The number of hydrogen-bond donors (Lipinski definition) is 2. The fourth-order valence-electron chi connectivity index (χ4n) is 2.29. The number of hydrogen-bond acceptors (Lipinski definition) is 4. The zero-order valence-corrected chi connectivity index (χ0v) is 11.4. The minimum Gasteiger partial charge on any atom is -0.398 e. The van der Waals surface area contributed by atoms with Crippen LogP contribution >= 0.6 is 0 Å². The molecule has 0 amide bonds. The van der Waals surface area contributed by atoms with Crippen molar-refractivity contribution in [3.05, 3.63) is 24.0 Å². The van der Waals surface area contributed by atoms with Gasteiger partial charge in [-0.2, -0.15) is 4.31 Å². The van der Waals surface area contributed by atoms with Gasteiger partial charge in [0, 0.05) is 13.1 Å². The molecule has 0 radical (unpaired) electrons. The van der Waals surface area contributed by atoms with E-state index < -0.39 is 26.8 Å². The molecule has 1 aliphatic rings. The molecule has 0 aromatic heterocycles. The number of anilines is 1. The van der Waals surface area contributed by atoms with Crippen LogP contribution in [0.3, 0.4) is 0 Å². The van der Waals surface area contributed by atoms with Crippen molar-refractivity contribution in [2.45, 2.75) is 24.3 Å². The smallest absolute Gasteiger partial charge is 0.248 e. The lowest BCUT2D eigenvalue weighted by molar-refractivity contribution is 0.133. The Morgan fingerprint density at radius 3 is 2.74 bits per heavy atom. The highest BCUT2D eigenvalue weighted by Crippen LogP contribution is 2.30. The Kier molecular flexibility index (Phi) is 3.80. The molecule has 0 aliphatic carbocycles. The molecular formula is C12H17FN2O3S. The lowest BCUT2D eigenvalue weighted by Gasteiger charge is -2.19. The Balaban J connectivity index is 2.34. The summed E-state index contributed by atoms with van der Waals surface area (Å²) in [4.78, 5) is -0.471. The number of nitrogens with two attached hydrogens (primary N) is 1. The fourth-order valence-corrected chi connectivity index (χ4v) is 3.96. The molecule has 1 aromatic carbocycles. The van der Waals surface area contributed by atoms with Gasteiger partial charge in [0.25, 0.3) is 0 Å². The summed E-state index contributed by atoms with van der Waals surface area (Å²) < 4.78 is 39.6. The van der Waals surface area contributed by atoms with E-state index in [1.54, 1.807) is 6.92 Å². The molecule has 2 atom stereocenters. The number of aliphatic hydroxyl groups is 1. The summed E-state index contributed by atoms with van der Waals surface area (Å²) in [7, 11) is -3.94. The molecule has 0 spiro atoms. The molecule has 1 fully saturated rings. The topological polar surface area (TPSA) is 83.6 Å². The van der Waals surface area contributed by atoms with Gasteiger partial charge in [-0.05, 0) is 31.4 Å². The van der Waals surface area contributed by atoms with E-state index in [9.17, 15) is 17.9 Å². The van der Waals surface area contributed by atoms with Crippen molar-refractivity contribution in [2.24, 2.45) is 5.92 Å². The summed E-state index contributed by atoms with van der Waals surface area (Å²) in [6.07, 6.45) is -0.0243. The van der Waals surface area contributed by atoms with Gasteiger partial charge in [-0.25, -0.2) is 12.8 Å². The second-order valence-electron chi connectivity index (χ2n) is 4.81. The first kappa shape index (κ1) is 14.2. The van der Waals surface area contributed by atoms with E-state index in [0.29, 0.717) is 6.42 Å². The van der Waals surface area contributed by atoms with E-state index in [2.05, 4.69) is 0 Å². The van der Waals surface area contributed by atoms with Gasteiger partial charge in [-0.1, -0.05) is 6.07 Å². The van der Waals surface area contributed by atoms with E-state index in [1.807, 2.05) is 0 Å². The van der Waals surface area contributed by atoms with Gasteiger partial charge in [0.05, 0.1) is 11.8 Å². The molecule has 2 unspecified atom stereocenters. The first-order valence-corrected chi connectivity index (χ1v) is 7.50. The minimum absolute atomic E-state index is 0.0968. The number of sulfonamides is 1. The zero-order chi connectivity index (χ0) is 14.2. The molecule has 1 aliphatic heterocycles. The highest BCUT2D eigenvalue weighted by Gasteiger charge is 2.36. The zero-order valence-electron chi connectivity index (χ0n) is 10.6. The van der Waals surface area contributed by atoms with E-state index in [0.717, 1.165) is 6.07 Å². The Morgan fingerprint density at radius 2 is 2.21 bits per heavy atom. The van der Waals surface area contributed by atoms with E-state index in [4.69, 9.17) is 5.73 Å². The van der Waals surface area contributed by atoms with Crippen LogP contribution in [0.25, 0.3) is 0 Å². The van der Waals surface area contributed by atoms with Crippen molar-refractivity contribution >= 4 is 15.7 Å². The highest BCUT2D eigenvalue weighted by molar-refractivity contribution is 7.89. The first-order chi connectivity index (χ1) is 8.84. The molecule has 1 aromatic rings. The van der Waals surface area contributed by atoms with Gasteiger partial charge < -0.3 is 10.8 Å². The summed E-state index contributed by atoms with van der Waals surface area (Å²) in [5.74, 6) is -0.969. The minimum atomic E-state index is -3.94. The molecule has 0 bridgehead atoms. The van der Waals surface area contributed by atoms with Crippen molar-refractivity contribution in [2.75, 3.05) is 18.8 Å². The van der Waals surface area contributed by atoms with E-state index in [1.165, 1.54) is 16.4 Å². The fraction of sp³-hybridized carbons (Fsp3) is 0.500. The van der Waals surface area contributed by atoms with Crippen LogP contribution in [-0.4, -0.2) is 37.0 Å². The summed E-state index contributed by atoms with van der Waals surface area (Å²) >= 11 is 0. The van der Waals surface area contributed by atoms with Crippen molar-refractivity contribution in [3.63, 3.8) is 0 Å². The predicted octanol–water partition coefficient (Wildman–Crippen LogP) is 0.799. The second-order valence-corrected chi connectivity index (χ2v) is 6.69. The van der Waals surface area contributed by atoms with Crippen molar-refractivity contribution in [1.29, 1.82) is 0 Å². The first-order valence-electron chi connectivity index (χ1n) is 6.06. The summed E-state index contributed by atoms with van der Waals surface area (Å²) in [5.41, 5.74) is 5.48. The Hall–Kier alpha value is -1.18. The van der Waals surface area contributed by atoms with Crippen LogP contribution in [0, 0.1) is 11.7 Å². The normalized spacial score (nSPS) is 22.6. The van der Waals surface area contributed by atoms with E-state index >= 15 is 0 Å².